The second kappa shape index (κ2) is 6.55. The number of nitriles is 1. The number of likely N-dealkylation sites (tertiary alicyclic amines) is 1. The van der Waals surface area contributed by atoms with E-state index in [2.05, 4.69) is 11.0 Å². The smallest absolute Gasteiger partial charge is 0.136 e. The molecule has 102 valence electrons. The average molecular weight is 260 g/mol. The minimum Gasteiger partial charge on any atom is -0.495 e. The summed E-state index contributed by atoms with van der Waals surface area (Å²) in [6.07, 6.45) is 2.66. The fourth-order valence-corrected chi connectivity index (χ4v) is 2.53. The van der Waals surface area contributed by atoms with Crippen molar-refractivity contribution in [1.82, 2.24) is 4.90 Å². The molecule has 1 fully saturated rings. The molecule has 0 saturated carbocycles. The summed E-state index contributed by atoms with van der Waals surface area (Å²) in [7, 11) is 3.38. The van der Waals surface area contributed by atoms with Crippen LogP contribution in [0.25, 0.3) is 0 Å². The summed E-state index contributed by atoms with van der Waals surface area (Å²) in [5, 5.41) is 8.97. The van der Waals surface area contributed by atoms with Gasteiger partial charge in [0, 0.05) is 20.2 Å². The zero-order valence-corrected chi connectivity index (χ0v) is 11.6. The Labute approximate surface area is 114 Å². The van der Waals surface area contributed by atoms with Crippen molar-refractivity contribution >= 4 is 0 Å². The van der Waals surface area contributed by atoms with E-state index in [0.29, 0.717) is 17.4 Å². The van der Waals surface area contributed by atoms with Gasteiger partial charge in [0.05, 0.1) is 18.8 Å². The predicted octanol–water partition coefficient (Wildman–Crippen LogP) is 2.18. The van der Waals surface area contributed by atoms with E-state index in [1.165, 1.54) is 12.0 Å². The number of methoxy groups -OCH3 is 2. The highest BCUT2D eigenvalue weighted by Crippen LogP contribution is 2.21. The van der Waals surface area contributed by atoms with Crippen molar-refractivity contribution in [2.24, 2.45) is 0 Å². The highest BCUT2D eigenvalue weighted by molar-refractivity contribution is 5.45. The molecular formula is C15H20N2O2. The Balaban J connectivity index is 2.05. The van der Waals surface area contributed by atoms with Gasteiger partial charge in [-0.25, -0.2) is 0 Å². The van der Waals surface area contributed by atoms with Crippen LogP contribution in [0.1, 0.15) is 24.0 Å². The van der Waals surface area contributed by atoms with Crippen molar-refractivity contribution in [3.63, 3.8) is 0 Å². The summed E-state index contributed by atoms with van der Waals surface area (Å²) in [5.41, 5.74) is 1.76. The van der Waals surface area contributed by atoms with Gasteiger partial charge in [-0.2, -0.15) is 5.26 Å². The second-order valence-electron chi connectivity index (χ2n) is 4.88. The lowest BCUT2D eigenvalue weighted by molar-refractivity contribution is 0.0285. The van der Waals surface area contributed by atoms with Crippen molar-refractivity contribution in [2.75, 3.05) is 27.3 Å². The van der Waals surface area contributed by atoms with E-state index >= 15 is 0 Å². The first-order valence-electron chi connectivity index (χ1n) is 6.59. The highest BCUT2D eigenvalue weighted by atomic mass is 16.5. The first-order chi connectivity index (χ1) is 9.26. The summed E-state index contributed by atoms with van der Waals surface area (Å²) in [5.74, 6) is 0.653. The maximum atomic E-state index is 8.97. The van der Waals surface area contributed by atoms with Crippen LogP contribution in [0.3, 0.4) is 0 Å². The van der Waals surface area contributed by atoms with Crippen LogP contribution < -0.4 is 4.74 Å². The van der Waals surface area contributed by atoms with Gasteiger partial charge in [0.1, 0.15) is 11.8 Å². The third-order valence-corrected chi connectivity index (χ3v) is 3.59. The monoisotopic (exact) mass is 260 g/mol. The molecule has 0 aliphatic carbocycles. The van der Waals surface area contributed by atoms with Crippen molar-refractivity contribution in [3.8, 4) is 11.8 Å². The fraction of sp³-hybridized carbons (Fsp3) is 0.533. The number of nitrogens with zero attached hydrogens (tertiary/aromatic N) is 2. The standard InChI is InChI=1S/C15H20N2O2/c1-18-14-4-3-7-17(11-14)10-12-5-6-13(9-16)15(8-12)19-2/h5-6,8,14H,3-4,7,10-11H2,1-2H3. The van der Waals surface area contributed by atoms with Crippen LogP contribution >= 0.6 is 0 Å². The van der Waals surface area contributed by atoms with E-state index in [9.17, 15) is 0 Å². The van der Waals surface area contributed by atoms with Crippen LogP contribution in [0.5, 0.6) is 5.75 Å². The van der Waals surface area contributed by atoms with Gasteiger partial charge in [-0.05, 0) is 37.1 Å². The lowest BCUT2D eigenvalue weighted by atomic mass is 10.1. The predicted molar refractivity (Wildman–Crippen MR) is 73.0 cm³/mol. The van der Waals surface area contributed by atoms with Crippen LogP contribution in [0.15, 0.2) is 18.2 Å². The first kappa shape index (κ1) is 13.9. The number of benzene rings is 1. The summed E-state index contributed by atoms with van der Waals surface area (Å²) in [6, 6.07) is 7.91. The van der Waals surface area contributed by atoms with Gasteiger partial charge in [-0.3, -0.25) is 4.90 Å². The van der Waals surface area contributed by atoms with Crippen LogP contribution in [0, 0.1) is 11.3 Å². The van der Waals surface area contributed by atoms with Gasteiger partial charge < -0.3 is 9.47 Å². The van der Waals surface area contributed by atoms with Gasteiger partial charge in [-0.1, -0.05) is 6.07 Å². The number of hydrogen-bond acceptors (Lipinski definition) is 4. The molecule has 0 radical (unpaired) electrons. The molecule has 4 nitrogen and oxygen atoms in total. The van der Waals surface area contributed by atoms with Crippen LogP contribution in [0.4, 0.5) is 0 Å². The molecule has 1 heterocycles. The zero-order chi connectivity index (χ0) is 13.7. The van der Waals surface area contributed by atoms with Crippen LogP contribution in [-0.4, -0.2) is 38.3 Å². The molecule has 1 saturated heterocycles. The Morgan fingerprint density at radius 2 is 2.26 bits per heavy atom. The summed E-state index contributed by atoms with van der Waals surface area (Å²) in [4.78, 5) is 2.39. The lowest BCUT2D eigenvalue weighted by Crippen LogP contribution is -2.38. The second-order valence-corrected chi connectivity index (χ2v) is 4.88. The Morgan fingerprint density at radius 3 is 2.95 bits per heavy atom. The van der Waals surface area contributed by atoms with E-state index in [1.54, 1.807) is 14.2 Å². The topological polar surface area (TPSA) is 45.5 Å². The highest BCUT2D eigenvalue weighted by Gasteiger charge is 2.19. The van der Waals surface area contributed by atoms with Gasteiger partial charge >= 0.3 is 0 Å². The molecule has 1 aromatic rings. The zero-order valence-electron chi connectivity index (χ0n) is 11.6. The normalized spacial score (nSPS) is 19.9. The van der Waals surface area contributed by atoms with E-state index in [4.69, 9.17) is 14.7 Å². The molecule has 1 atom stereocenters. The largest absolute Gasteiger partial charge is 0.495 e. The maximum absolute atomic E-state index is 8.97. The van der Waals surface area contributed by atoms with Gasteiger partial charge in [-0.15, -0.1) is 0 Å². The number of rotatable bonds is 4. The molecule has 1 aliphatic heterocycles. The number of piperidine rings is 1. The Bertz CT molecular complexity index is 468. The molecule has 2 rings (SSSR count). The van der Waals surface area contributed by atoms with Crippen LogP contribution in [0.2, 0.25) is 0 Å². The molecule has 1 aromatic carbocycles. The first-order valence-corrected chi connectivity index (χ1v) is 6.59. The lowest BCUT2D eigenvalue weighted by Gasteiger charge is -2.31. The van der Waals surface area contributed by atoms with Gasteiger partial charge in [0.2, 0.25) is 0 Å². The maximum Gasteiger partial charge on any atom is 0.136 e. The summed E-state index contributed by atoms with van der Waals surface area (Å²) < 4.78 is 10.7. The number of hydrogen-bond donors (Lipinski definition) is 0. The molecule has 0 bridgehead atoms. The quantitative estimate of drug-likeness (QED) is 0.832. The van der Waals surface area contributed by atoms with E-state index in [-0.39, 0.29) is 0 Å². The minimum atomic E-state index is 0.342. The Hall–Kier alpha value is -1.57. The molecule has 4 heteroatoms. The average Bonchev–Trinajstić information content (AvgIpc) is 2.47. The van der Waals surface area contributed by atoms with Crippen molar-refractivity contribution in [3.05, 3.63) is 29.3 Å². The van der Waals surface area contributed by atoms with Crippen LogP contribution in [-0.2, 0) is 11.3 Å². The Kier molecular flexibility index (Phi) is 4.78. The molecule has 1 unspecified atom stereocenters. The molecule has 1 aliphatic rings. The molecule has 0 aromatic heterocycles. The molecule has 19 heavy (non-hydrogen) atoms. The van der Waals surface area contributed by atoms with Crippen molar-refractivity contribution < 1.29 is 9.47 Å². The molecular weight excluding hydrogens is 240 g/mol. The van der Waals surface area contributed by atoms with Crippen molar-refractivity contribution in [2.45, 2.75) is 25.5 Å². The fourth-order valence-electron chi connectivity index (χ4n) is 2.53. The SMILES string of the molecule is COc1cc(CN2CCCC(OC)C2)ccc1C#N. The van der Waals surface area contributed by atoms with E-state index in [0.717, 1.165) is 26.1 Å². The van der Waals surface area contributed by atoms with Gasteiger partial charge in [0.25, 0.3) is 0 Å². The summed E-state index contributed by atoms with van der Waals surface area (Å²) in [6.45, 7) is 2.95. The Morgan fingerprint density at radius 1 is 1.42 bits per heavy atom. The summed E-state index contributed by atoms with van der Waals surface area (Å²) >= 11 is 0. The molecule has 0 spiro atoms. The third kappa shape index (κ3) is 3.46. The molecule has 0 N–H and O–H groups in total. The third-order valence-electron chi connectivity index (χ3n) is 3.59. The van der Waals surface area contributed by atoms with E-state index < -0.39 is 0 Å². The van der Waals surface area contributed by atoms with E-state index in [1.807, 2.05) is 18.2 Å². The van der Waals surface area contributed by atoms with Crippen molar-refractivity contribution in [1.29, 1.82) is 5.26 Å². The minimum absolute atomic E-state index is 0.342. The van der Waals surface area contributed by atoms with Gasteiger partial charge in [0.15, 0.2) is 0 Å². The molecule has 0 amide bonds. The number of ether oxygens (including phenoxy) is 2.